The summed E-state index contributed by atoms with van der Waals surface area (Å²) in [5.74, 6) is -0.340. The van der Waals surface area contributed by atoms with Gasteiger partial charge in [-0.15, -0.1) is 0 Å². The van der Waals surface area contributed by atoms with Crippen LogP contribution in [-0.2, 0) is 0 Å². The minimum atomic E-state index is -0.547. The van der Waals surface area contributed by atoms with Crippen LogP contribution in [0.4, 0.5) is 11.4 Å². The standard InChI is InChI=1S/C17H10Cl2N2O4/c18-10-5-6-12(19)13(9-10)20-17(22)16-8-7-15(25-16)11-3-1-2-4-14(11)21(23)24/h1-9H,(H,20,22). The Labute approximate surface area is 152 Å². The lowest BCUT2D eigenvalue weighted by Crippen LogP contribution is -2.11. The Balaban J connectivity index is 1.88. The summed E-state index contributed by atoms with van der Waals surface area (Å²) in [4.78, 5) is 22.9. The van der Waals surface area contributed by atoms with Gasteiger partial charge in [0.1, 0.15) is 5.76 Å². The first kappa shape index (κ1) is 17.0. The van der Waals surface area contributed by atoms with E-state index in [1.165, 1.54) is 24.3 Å². The molecular weight excluding hydrogens is 367 g/mol. The van der Waals surface area contributed by atoms with Gasteiger partial charge in [0, 0.05) is 11.1 Å². The van der Waals surface area contributed by atoms with E-state index in [1.807, 2.05) is 0 Å². The van der Waals surface area contributed by atoms with Gasteiger partial charge in [0.25, 0.3) is 11.6 Å². The summed E-state index contributed by atoms with van der Waals surface area (Å²) in [5.41, 5.74) is 0.511. The van der Waals surface area contributed by atoms with Gasteiger partial charge in [-0.1, -0.05) is 35.3 Å². The Morgan fingerprint density at radius 1 is 1.08 bits per heavy atom. The number of nitrogens with one attached hydrogen (secondary N) is 1. The molecular formula is C17H10Cl2N2O4. The molecule has 0 fully saturated rings. The third-order valence-corrected chi connectivity index (χ3v) is 3.94. The van der Waals surface area contributed by atoms with Crippen molar-refractivity contribution >= 4 is 40.5 Å². The Morgan fingerprint density at radius 3 is 2.60 bits per heavy atom. The van der Waals surface area contributed by atoms with Crippen LogP contribution in [0.5, 0.6) is 0 Å². The molecule has 0 aliphatic rings. The average Bonchev–Trinajstić information content (AvgIpc) is 3.08. The first-order chi connectivity index (χ1) is 12.0. The molecule has 0 radical (unpaired) electrons. The van der Waals surface area contributed by atoms with Crippen LogP contribution in [-0.4, -0.2) is 10.8 Å². The maximum absolute atomic E-state index is 12.3. The van der Waals surface area contributed by atoms with E-state index in [-0.39, 0.29) is 22.8 Å². The molecule has 1 amide bonds. The molecule has 0 saturated carbocycles. The van der Waals surface area contributed by atoms with Crippen LogP contribution < -0.4 is 5.32 Å². The number of nitro benzene ring substituents is 1. The highest BCUT2D eigenvalue weighted by atomic mass is 35.5. The van der Waals surface area contributed by atoms with Crippen LogP contribution in [0.2, 0.25) is 10.0 Å². The van der Waals surface area contributed by atoms with Gasteiger partial charge in [0.05, 0.1) is 21.2 Å². The number of nitrogens with zero attached hydrogens (tertiary/aromatic N) is 1. The van der Waals surface area contributed by atoms with Gasteiger partial charge in [-0.05, 0) is 36.4 Å². The molecule has 6 nitrogen and oxygen atoms in total. The summed E-state index contributed by atoms with van der Waals surface area (Å²) in [6, 6.07) is 13.7. The van der Waals surface area contributed by atoms with E-state index in [0.717, 1.165) is 0 Å². The lowest BCUT2D eigenvalue weighted by molar-refractivity contribution is -0.384. The Kier molecular flexibility index (Phi) is 4.74. The van der Waals surface area contributed by atoms with Gasteiger partial charge in [-0.2, -0.15) is 0 Å². The predicted molar refractivity (Wildman–Crippen MR) is 95.2 cm³/mol. The normalized spacial score (nSPS) is 10.5. The van der Waals surface area contributed by atoms with Crippen molar-refractivity contribution in [1.82, 2.24) is 0 Å². The molecule has 8 heteroatoms. The van der Waals surface area contributed by atoms with Crippen molar-refractivity contribution in [1.29, 1.82) is 0 Å². The number of halogens is 2. The van der Waals surface area contributed by atoms with Crippen molar-refractivity contribution in [3.05, 3.63) is 80.5 Å². The largest absolute Gasteiger partial charge is 0.451 e. The maximum Gasteiger partial charge on any atom is 0.291 e. The average molecular weight is 377 g/mol. The molecule has 0 aliphatic carbocycles. The lowest BCUT2D eigenvalue weighted by atomic mass is 10.1. The molecule has 3 rings (SSSR count). The fourth-order valence-corrected chi connectivity index (χ4v) is 2.56. The molecule has 0 bridgehead atoms. The highest BCUT2D eigenvalue weighted by Gasteiger charge is 2.19. The van der Waals surface area contributed by atoms with Crippen LogP contribution in [0.15, 0.2) is 59.0 Å². The summed E-state index contributed by atoms with van der Waals surface area (Å²) in [6.07, 6.45) is 0. The second kappa shape index (κ2) is 6.96. The molecule has 25 heavy (non-hydrogen) atoms. The van der Waals surface area contributed by atoms with Crippen molar-refractivity contribution in [2.24, 2.45) is 0 Å². The summed E-state index contributed by atoms with van der Waals surface area (Å²) >= 11 is 11.9. The first-order valence-electron chi connectivity index (χ1n) is 7.06. The van der Waals surface area contributed by atoms with Crippen molar-refractivity contribution in [2.75, 3.05) is 5.32 Å². The van der Waals surface area contributed by atoms with Gasteiger partial charge in [-0.3, -0.25) is 14.9 Å². The highest BCUT2D eigenvalue weighted by Crippen LogP contribution is 2.31. The molecule has 2 aromatic carbocycles. The molecule has 0 atom stereocenters. The van der Waals surface area contributed by atoms with Crippen LogP contribution in [0.1, 0.15) is 10.6 Å². The third-order valence-electron chi connectivity index (χ3n) is 3.37. The van der Waals surface area contributed by atoms with E-state index in [1.54, 1.807) is 30.3 Å². The van der Waals surface area contributed by atoms with Crippen LogP contribution in [0, 0.1) is 10.1 Å². The number of rotatable bonds is 4. The molecule has 0 aliphatic heterocycles. The Bertz CT molecular complexity index is 969. The van der Waals surface area contributed by atoms with Crippen molar-refractivity contribution in [2.45, 2.75) is 0 Å². The second-order valence-corrected chi connectivity index (χ2v) is 5.86. The van der Waals surface area contributed by atoms with Crippen LogP contribution in [0.3, 0.4) is 0 Å². The van der Waals surface area contributed by atoms with Crippen LogP contribution >= 0.6 is 23.2 Å². The molecule has 0 spiro atoms. The Morgan fingerprint density at radius 2 is 1.84 bits per heavy atom. The monoisotopic (exact) mass is 376 g/mol. The second-order valence-electron chi connectivity index (χ2n) is 5.02. The maximum atomic E-state index is 12.3. The topological polar surface area (TPSA) is 85.4 Å². The minimum absolute atomic E-state index is 0.0100. The first-order valence-corrected chi connectivity index (χ1v) is 7.81. The minimum Gasteiger partial charge on any atom is -0.451 e. The fourth-order valence-electron chi connectivity index (χ4n) is 2.22. The molecule has 1 heterocycles. The number of carbonyl (C=O) groups is 1. The fraction of sp³-hybridized carbons (Fsp3) is 0. The number of hydrogen-bond donors (Lipinski definition) is 1. The number of para-hydroxylation sites is 1. The van der Waals surface area contributed by atoms with Crippen LogP contribution in [0.25, 0.3) is 11.3 Å². The zero-order valence-electron chi connectivity index (χ0n) is 12.5. The number of amides is 1. The number of carbonyl (C=O) groups excluding carboxylic acids is 1. The molecule has 0 unspecified atom stereocenters. The molecule has 1 aromatic heterocycles. The van der Waals surface area contributed by atoms with Crippen molar-refractivity contribution in [3.8, 4) is 11.3 Å². The van der Waals surface area contributed by atoms with Crippen molar-refractivity contribution in [3.63, 3.8) is 0 Å². The molecule has 126 valence electrons. The smallest absolute Gasteiger partial charge is 0.291 e. The number of furan rings is 1. The summed E-state index contributed by atoms with van der Waals surface area (Å²) in [6.45, 7) is 0. The summed E-state index contributed by atoms with van der Waals surface area (Å²) in [5, 5.41) is 14.4. The number of benzene rings is 2. The SMILES string of the molecule is O=C(Nc1cc(Cl)ccc1Cl)c1ccc(-c2ccccc2[N+](=O)[O-])o1. The quantitative estimate of drug-likeness (QED) is 0.486. The number of hydrogen-bond acceptors (Lipinski definition) is 4. The zero-order chi connectivity index (χ0) is 18.0. The van der Waals surface area contributed by atoms with Gasteiger partial charge >= 0.3 is 0 Å². The van der Waals surface area contributed by atoms with E-state index in [4.69, 9.17) is 27.6 Å². The number of anilines is 1. The Hall–Kier alpha value is -2.83. The molecule has 0 saturated heterocycles. The lowest BCUT2D eigenvalue weighted by Gasteiger charge is -2.06. The predicted octanol–water partition coefficient (Wildman–Crippen LogP) is 5.41. The van der Waals surface area contributed by atoms with Crippen molar-refractivity contribution < 1.29 is 14.1 Å². The van der Waals surface area contributed by atoms with E-state index in [2.05, 4.69) is 5.32 Å². The van der Waals surface area contributed by atoms with E-state index in [9.17, 15) is 14.9 Å². The van der Waals surface area contributed by atoms with Gasteiger partial charge < -0.3 is 9.73 Å². The van der Waals surface area contributed by atoms with E-state index >= 15 is 0 Å². The highest BCUT2D eigenvalue weighted by molar-refractivity contribution is 6.35. The summed E-state index contributed by atoms with van der Waals surface area (Å²) < 4.78 is 5.47. The number of nitro groups is 1. The van der Waals surface area contributed by atoms with Gasteiger partial charge in [0.2, 0.25) is 0 Å². The molecule has 3 aromatic rings. The van der Waals surface area contributed by atoms with Gasteiger partial charge in [-0.25, -0.2) is 0 Å². The zero-order valence-corrected chi connectivity index (χ0v) is 14.0. The third kappa shape index (κ3) is 3.65. The van der Waals surface area contributed by atoms with E-state index < -0.39 is 10.8 Å². The van der Waals surface area contributed by atoms with Gasteiger partial charge in [0.15, 0.2) is 5.76 Å². The van der Waals surface area contributed by atoms with E-state index in [0.29, 0.717) is 15.7 Å². The molecule has 1 N–H and O–H groups in total. The summed E-state index contributed by atoms with van der Waals surface area (Å²) in [7, 11) is 0.